The van der Waals surface area contributed by atoms with Gasteiger partial charge in [-0.25, -0.2) is 8.42 Å². The Morgan fingerprint density at radius 3 is 2.82 bits per heavy atom. The van der Waals surface area contributed by atoms with Crippen molar-refractivity contribution in [2.24, 2.45) is 5.92 Å². The summed E-state index contributed by atoms with van der Waals surface area (Å²) in [6.45, 7) is 3.16. The molecule has 122 valence electrons. The van der Waals surface area contributed by atoms with E-state index in [-0.39, 0.29) is 22.1 Å². The fraction of sp³-hybridized carbons (Fsp3) is 0.571. The second kappa shape index (κ2) is 6.72. The Morgan fingerprint density at radius 2 is 2.18 bits per heavy atom. The molecule has 1 saturated heterocycles. The highest BCUT2D eigenvalue weighted by Gasteiger charge is 2.32. The van der Waals surface area contributed by atoms with Gasteiger partial charge in [-0.15, -0.1) is 0 Å². The number of nitro groups is 1. The summed E-state index contributed by atoms with van der Waals surface area (Å²) in [6.07, 6.45) is 1.79. The molecule has 1 aliphatic heterocycles. The highest BCUT2D eigenvalue weighted by molar-refractivity contribution is 7.89. The molecule has 1 fully saturated rings. The molecule has 0 saturated carbocycles. The van der Waals surface area contributed by atoms with Crippen molar-refractivity contribution in [2.45, 2.75) is 24.7 Å². The minimum atomic E-state index is -3.70. The number of sulfonamides is 1. The number of nitrogens with one attached hydrogen (secondary N) is 1. The minimum Gasteiger partial charge on any atom is -0.319 e. The fourth-order valence-corrected chi connectivity index (χ4v) is 4.72. The van der Waals surface area contributed by atoms with Crippen LogP contribution in [0.1, 0.15) is 18.4 Å². The second-order valence-electron chi connectivity index (χ2n) is 5.59. The van der Waals surface area contributed by atoms with Crippen molar-refractivity contribution in [3.05, 3.63) is 33.9 Å². The van der Waals surface area contributed by atoms with Gasteiger partial charge in [0.2, 0.25) is 10.0 Å². The van der Waals surface area contributed by atoms with Gasteiger partial charge in [-0.1, -0.05) is 6.07 Å². The summed E-state index contributed by atoms with van der Waals surface area (Å²) in [5.74, 6) is 0.271. The molecule has 2 rings (SSSR count). The maximum Gasteiger partial charge on any atom is 0.273 e. The molecule has 0 aromatic heterocycles. The molecule has 0 spiro atoms. The van der Waals surface area contributed by atoms with Crippen molar-refractivity contribution >= 4 is 15.7 Å². The Bertz CT molecular complexity index is 658. The Balaban J connectivity index is 2.34. The molecule has 1 aromatic rings. The predicted molar refractivity (Wildman–Crippen MR) is 83.2 cm³/mol. The number of hydrogen-bond donors (Lipinski definition) is 1. The van der Waals surface area contributed by atoms with Crippen LogP contribution in [0.2, 0.25) is 0 Å². The van der Waals surface area contributed by atoms with Gasteiger partial charge in [0, 0.05) is 24.7 Å². The first-order chi connectivity index (χ1) is 10.4. The van der Waals surface area contributed by atoms with E-state index in [2.05, 4.69) is 5.32 Å². The first-order valence-electron chi connectivity index (χ1n) is 7.26. The Kier molecular flexibility index (Phi) is 5.15. The second-order valence-corrected chi connectivity index (χ2v) is 7.49. The number of nitrogens with zero attached hydrogens (tertiary/aromatic N) is 2. The molecule has 8 heteroatoms. The molecular weight excluding hydrogens is 306 g/mol. The van der Waals surface area contributed by atoms with Crippen molar-refractivity contribution in [3.63, 3.8) is 0 Å². The molecule has 0 bridgehead atoms. The molecule has 1 aromatic carbocycles. The summed E-state index contributed by atoms with van der Waals surface area (Å²) in [4.78, 5) is 10.5. The molecular formula is C14H21N3O4S. The van der Waals surface area contributed by atoms with Gasteiger partial charge in [-0.3, -0.25) is 10.1 Å². The van der Waals surface area contributed by atoms with Crippen molar-refractivity contribution in [2.75, 3.05) is 26.7 Å². The van der Waals surface area contributed by atoms with E-state index in [4.69, 9.17) is 0 Å². The summed E-state index contributed by atoms with van der Waals surface area (Å²) >= 11 is 0. The van der Waals surface area contributed by atoms with Crippen LogP contribution in [0.5, 0.6) is 0 Å². The highest BCUT2D eigenvalue weighted by Crippen LogP contribution is 2.29. The van der Waals surface area contributed by atoms with Gasteiger partial charge in [-0.05, 0) is 45.3 Å². The van der Waals surface area contributed by atoms with Crippen LogP contribution in [0.25, 0.3) is 0 Å². The van der Waals surface area contributed by atoms with Gasteiger partial charge in [0.1, 0.15) is 0 Å². The number of piperidine rings is 1. The lowest BCUT2D eigenvalue weighted by Gasteiger charge is -2.32. The maximum atomic E-state index is 12.8. The molecule has 1 atom stereocenters. The zero-order chi connectivity index (χ0) is 16.3. The molecule has 1 N–H and O–H groups in total. The van der Waals surface area contributed by atoms with E-state index in [0.717, 1.165) is 19.4 Å². The average molecular weight is 327 g/mol. The number of hydrogen-bond acceptors (Lipinski definition) is 5. The molecule has 1 aliphatic rings. The monoisotopic (exact) mass is 327 g/mol. The lowest BCUT2D eigenvalue weighted by atomic mass is 10.00. The maximum absolute atomic E-state index is 12.8. The predicted octanol–water partition coefficient (Wildman–Crippen LogP) is 1.52. The lowest BCUT2D eigenvalue weighted by molar-refractivity contribution is -0.385. The summed E-state index contributed by atoms with van der Waals surface area (Å²) < 4.78 is 27.1. The summed E-state index contributed by atoms with van der Waals surface area (Å²) in [7, 11) is -1.85. The molecule has 0 aliphatic carbocycles. The number of rotatable bonds is 5. The molecule has 22 heavy (non-hydrogen) atoms. The van der Waals surface area contributed by atoms with E-state index >= 15 is 0 Å². The Morgan fingerprint density at radius 1 is 1.45 bits per heavy atom. The van der Waals surface area contributed by atoms with Crippen molar-refractivity contribution < 1.29 is 13.3 Å². The normalized spacial score (nSPS) is 20.0. The van der Waals surface area contributed by atoms with Crippen LogP contribution in [0.15, 0.2) is 23.1 Å². The Labute approximate surface area is 130 Å². The van der Waals surface area contributed by atoms with Crippen LogP contribution in [-0.4, -0.2) is 44.3 Å². The average Bonchev–Trinajstić information content (AvgIpc) is 2.47. The summed E-state index contributed by atoms with van der Waals surface area (Å²) in [5.41, 5.74) is 0.0353. The summed E-state index contributed by atoms with van der Waals surface area (Å²) in [6, 6.07) is 4.20. The number of benzene rings is 1. The third-order valence-electron chi connectivity index (χ3n) is 4.04. The van der Waals surface area contributed by atoms with Crippen LogP contribution < -0.4 is 5.32 Å². The quantitative estimate of drug-likeness (QED) is 0.654. The summed E-state index contributed by atoms with van der Waals surface area (Å²) in [5, 5.41) is 14.1. The van der Waals surface area contributed by atoms with Crippen molar-refractivity contribution in [1.29, 1.82) is 0 Å². The first-order valence-corrected chi connectivity index (χ1v) is 8.70. The van der Waals surface area contributed by atoms with Crippen molar-refractivity contribution in [1.82, 2.24) is 9.62 Å². The van der Waals surface area contributed by atoms with Crippen molar-refractivity contribution in [3.8, 4) is 0 Å². The molecule has 0 radical (unpaired) electrons. The van der Waals surface area contributed by atoms with E-state index in [1.807, 2.05) is 7.05 Å². The third-order valence-corrected chi connectivity index (χ3v) is 6.05. The standard InChI is InChI=1S/C14H21N3O4S/c1-11-13(17(18)19)6-3-7-14(11)22(20,21)16-8-4-5-12(10-16)9-15-2/h3,6-7,12,15H,4-5,8-10H2,1-2H3. The zero-order valence-electron chi connectivity index (χ0n) is 12.8. The van der Waals surface area contributed by atoms with Crippen LogP contribution in [0, 0.1) is 23.0 Å². The van der Waals surface area contributed by atoms with E-state index in [1.54, 1.807) is 0 Å². The molecule has 0 amide bonds. The molecule has 1 unspecified atom stereocenters. The number of nitro benzene ring substituents is 1. The lowest BCUT2D eigenvalue weighted by Crippen LogP contribution is -2.42. The van der Waals surface area contributed by atoms with Crippen LogP contribution in [0.3, 0.4) is 0 Å². The van der Waals surface area contributed by atoms with Gasteiger partial charge in [0.15, 0.2) is 0 Å². The SMILES string of the molecule is CNCC1CCCN(S(=O)(=O)c2cccc([N+](=O)[O-])c2C)C1. The van der Waals surface area contributed by atoms with E-state index in [9.17, 15) is 18.5 Å². The largest absolute Gasteiger partial charge is 0.319 e. The first kappa shape index (κ1) is 16.9. The van der Waals surface area contributed by atoms with Gasteiger partial charge in [-0.2, -0.15) is 4.31 Å². The smallest absolute Gasteiger partial charge is 0.273 e. The molecule has 7 nitrogen and oxygen atoms in total. The van der Waals surface area contributed by atoms with Gasteiger partial charge in [0.25, 0.3) is 5.69 Å². The van der Waals surface area contributed by atoms with Gasteiger partial charge >= 0.3 is 0 Å². The van der Waals surface area contributed by atoms with Crippen LogP contribution in [0.4, 0.5) is 5.69 Å². The van der Waals surface area contributed by atoms with Crippen LogP contribution >= 0.6 is 0 Å². The van der Waals surface area contributed by atoms with E-state index < -0.39 is 14.9 Å². The van der Waals surface area contributed by atoms with Gasteiger partial charge in [0.05, 0.1) is 9.82 Å². The highest BCUT2D eigenvalue weighted by atomic mass is 32.2. The van der Waals surface area contributed by atoms with Gasteiger partial charge < -0.3 is 5.32 Å². The third kappa shape index (κ3) is 3.29. The minimum absolute atomic E-state index is 0.0341. The Hall–Kier alpha value is -1.51. The van der Waals surface area contributed by atoms with E-state index in [0.29, 0.717) is 13.1 Å². The van der Waals surface area contributed by atoms with E-state index in [1.165, 1.54) is 29.4 Å². The zero-order valence-corrected chi connectivity index (χ0v) is 13.6. The van der Waals surface area contributed by atoms with Crippen LogP contribution in [-0.2, 0) is 10.0 Å². The topological polar surface area (TPSA) is 92.6 Å². The molecule has 1 heterocycles. The fourth-order valence-electron chi connectivity index (χ4n) is 2.92.